The summed E-state index contributed by atoms with van der Waals surface area (Å²) in [7, 11) is 0. The number of thiophene rings is 1. The highest BCUT2D eigenvalue weighted by atomic mass is 35.5. The molecule has 4 heterocycles. The number of hydrogen-bond acceptors (Lipinski definition) is 7. The molecular formula is C21H26ClN5O3S. The van der Waals surface area contributed by atoms with E-state index in [1.165, 1.54) is 11.3 Å². The Balaban J connectivity index is 1.28. The van der Waals surface area contributed by atoms with Crippen molar-refractivity contribution in [1.29, 1.82) is 0 Å². The number of nitrogens with one attached hydrogen (secondary N) is 1. The van der Waals surface area contributed by atoms with Crippen LogP contribution in [0.5, 0.6) is 6.01 Å². The Hall–Kier alpha value is -2.36. The first-order valence-electron chi connectivity index (χ1n) is 10.4. The Kier molecular flexibility index (Phi) is 6.94. The fourth-order valence-electron chi connectivity index (χ4n) is 3.66. The maximum absolute atomic E-state index is 12.3. The minimum atomic E-state index is -0.493. The van der Waals surface area contributed by atoms with Crippen LogP contribution in [0.3, 0.4) is 0 Å². The summed E-state index contributed by atoms with van der Waals surface area (Å²) in [5.41, 5.74) is 0.694. The molecule has 1 fully saturated rings. The summed E-state index contributed by atoms with van der Waals surface area (Å²) in [6.07, 6.45) is 4.99. The smallest absolute Gasteiger partial charge is 0.375 e. The third-order valence-electron chi connectivity index (χ3n) is 5.48. The van der Waals surface area contributed by atoms with Crippen molar-refractivity contribution < 1.29 is 14.1 Å². The van der Waals surface area contributed by atoms with Crippen LogP contribution in [0.25, 0.3) is 10.6 Å². The minimum Gasteiger partial charge on any atom is -0.375 e. The average Bonchev–Trinajstić information content (AvgIpc) is 3.49. The van der Waals surface area contributed by atoms with E-state index in [0.29, 0.717) is 40.8 Å². The van der Waals surface area contributed by atoms with Crippen LogP contribution in [0.2, 0.25) is 4.34 Å². The third-order valence-corrected chi connectivity index (χ3v) is 6.73. The first kappa shape index (κ1) is 21.9. The lowest BCUT2D eigenvalue weighted by molar-refractivity contribution is 0.145. The molecule has 0 radical (unpaired) electrons. The van der Waals surface area contributed by atoms with Crippen LogP contribution in [0, 0.1) is 5.92 Å². The summed E-state index contributed by atoms with van der Waals surface area (Å²) in [5, 5.41) is 6.97. The van der Waals surface area contributed by atoms with E-state index in [1.807, 2.05) is 18.2 Å². The van der Waals surface area contributed by atoms with Crippen molar-refractivity contribution in [2.75, 3.05) is 19.6 Å². The lowest BCUT2D eigenvalue weighted by atomic mass is 9.96. The van der Waals surface area contributed by atoms with E-state index in [2.05, 4.69) is 34.2 Å². The van der Waals surface area contributed by atoms with Gasteiger partial charge in [-0.25, -0.2) is 9.78 Å². The van der Waals surface area contributed by atoms with Crippen molar-refractivity contribution in [2.45, 2.75) is 39.3 Å². The normalized spacial score (nSPS) is 15.5. The molecule has 0 saturated carbocycles. The molecule has 31 heavy (non-hydrogen) atoms. The van der Waals surface area contributed by atoms with E-state index in [1.54, 1.807) is 17.0 Å². The molecule has 1 aliphatic heterocycles. The molecule has 1 N–H and O–H groups in total. The molecule has 166 valence electrons. The molecule has 0 unspecified atom stereocenters. The van der Waals surface area contributed by atoms with Crippen molar-refractivity contribution in [3.05, 3.63) is 40.6 Å². The molecule has 8 nitrogen and oxygen atoms in total. The van der Waals surface area contributed by atoms with E-state index in [0.717, 1.165) is 30.8 Å². The molecule has 1 saturated heterocycles. The van der Waals surface area contributed by atoms with Gasteiger partial charge in [0, 0.05) is 31.0 Å². The Labute approximate surface area is 190 Å². The van der Waals surface area contributed by atoms with Gasteiger partial charge in [-0.1, -0.05) is 16.8 Å². The Morgan fingerprint density at radius 1 is 1.39 bits per heavy atom. The molecule has 10 heteroatoms. The van der Waals surface area contributed by atoms with Gasteiger partial charge in [-0.3, -0.25) is 4.57 Å². The number of aromatic nitrogens is 3. The second-order valence-corrected chi connectivity index (χ2v) is 9.68. The highest BCUT2D eigenvalue weighted by molar-refractivity contribution is 7.19. The third kappa shape index (κ3) is 5.66. The number of ether oxygens (including phenoxy) is 1. The highest BCUT2D eigenvalue weighted by Gasteiger charge is 2.22. The Morgan fingerprint density at radius 3 is 2.90 bits per heavy atom. The molecule has 0 atom stereocenters. The monoisotopic (exact) mass is 463 g/mol. The standard InChI is InChI=1S/C21H26ClN5O3S/c1-14(2)26-8-5-15(6-9-26)12-24-21(28)29-20-23-7-10-27(20)13-16-11-17(30-25-16)18-3-4-19(22)31-18/h3-4,7,10-11,14-15H,5-6,8-9,12-13H2,1-2H3,(H,24,28). The molecule has 4 rings (SSSR count). The quantitative estimate of drug-likeness (QED) is 0.554. The van der Waals surface area contributed by atoms with Gasteiger partial charge in [0.15, 0.2) is 5.76 Å². The van der Waals surface area contributed by atoms with Gasteiger partial charge in [-0.2, -0.15) is 0 Å². The lowest BCUT2D eigenvalue weighted by Gasteiger charge is -2.34. The van der Waals surface area contributed by atoms with Gasteiger partial charge in [0.05, 0.1) is 15.8 Å². The van der Waals surface area contributed by atoms with Gasteiger partial charge in [-0.15, -0.1) is 11.3 Å². The van der Waals surface area contributed by atoms with Crippen LogP contribution in [0.15, 0.2) is 35.1 Å². The number of piperidine rings is 1. The predicted octanol–water partition coefficient (Wildman–Crippen LogP) is 4.51. The number of carbonyl (C=O) groups is 1. The molecule has 3 aromatic rings. The SMILES string of the molecule is CC(C)N1CCC(CNC(=O)Oc2nccn2Cc2cc(-c3ccc(Cl)s3)on2)CC1. The second-order valence-electron chi connectivity index (χ2n) is 7.97. The summed E-state index contributed by atoms with van der Waals surface area (Å²) < 4.78 is 13.2. The zero-order valence-electron chi connectivity index (χ0n) is 17.6. The van der Waals surface area contributed by atoms with Crippen molar-refractivity contribution in [1.82, 2.24) is 24.9 Å². The van der Waals surface area contributed by atoms with Crippen molar-refractivity contribution in [3.8, 4) is 16.6 Å². The highest BCUT2D eigenvalue weighted by Crippen LogP contribution is 2.31. The molecule has 3 aromatic heterocycles. The fraction of sp³-hybridized carbons (Fsp3) is 0.476. The number of rotatable bonds is 7. The number of halogens is 1. The maximum Gasteiger partial charge on any atom is 0.415 e. The topological polar surface area (TPSA) is 85.4 Å². The maximum atomic E-state index is 12.3. The molecule has 0 aliphatic carbocycles. The van der Waals surface area contributed by atoms with Crippen molar-refractivity contribution in [3.63, 3.8) is 0 Å². The fourth-order valence-corrected chi connectivity index (χ4v) is 4.66. The van der Waals surface area contributed by atoms with Crippen LogP contribution < -0.4 is 10.1 Å². The number of hydrogen-bond donors (Lipinski definition) is 1. The second kappa shape index (κ2) is 9.84. The molecule has 0 aromatic carbocycles. The van der Waals surface area contributed by atoms with Gasteiger partial charge in [0.2, 0.25) is 0 Å². The Bertz CT molecular complexity index is 1010. The first-order valence-corrected chi connectivity index (χ1v) is 11.6. The summed E-state index contributed by atoms with van der Waals surface area (Å²) in [4.78, 5) is 19.8. The van der Waals surface area contributed by atoms with E-state index in [4.69, 9.17) is 20.9 Å². The number of amides is 1. The van der Waals surface area contributed by atoms with Crippen molar-refractivity contribution >= 4 is 29.0 Å². The van der Waals surface area contributed by atoms with E-state index < -0.39 is 6.09 Å². The number of carbonyl (C=O) groups excluding carboxylic acids is 1. The minimum absolute atomic E-state index is 0.218. The summed E-state index contributed by atoms with van der Waals surface area (Å²) in [6.45, 7) is 7.56. The van der Waals surface area contributed by atoms with E-state index in [-0.39, 0.29) is 6.01 Å². The van der Waals surface area contributed by atoms with Crippen molar-refractivity contribution in [2.24, 2.45) is 5.92 Å². The first-order chi connectivity index (χ1) is 15.0. The molecular weight excluding hydrogens is 438 g/mol. The van der Waals surface area contributed by atoms with Gasteiger partial charge in [-0.05, 0) is 57.8 Å². The number of nitrogens with zero attached hydrogens (tertiary/aromatic N) is 4. The van der Waals surface area contributed by atoms with E-state index in [9.17, 15) is 4.79 Å². The van der Waals surface area contributed by atoms with Gasteiger partial charge in [0.25, 0.3) is 0 Å². The zero-order valence-corrected chi connectivity index (χ0v) is 19.2. The zero-order chi connectivity index (χ0) is 21.8. The lowest BCUT2D eigenvalue weighted by Crippen LogP contribution is -2.42. The number of imidazole rings is 1. The number of likely N-dealkylation sites (tertiary alicyclic amines) is 1. The summed E-state index contributed by atoms with van der Waals surface area (Å²) in [5.74, 6) is 1.12. The van der Waals surface area contributed by atoms with Gasteiger partial charge < -0.3 is 19.5 Å². The molecule has 1 aliphatic rings. The molecule has 0 bridgehead atoms. The van der Waals surface area contributed by atoms with Crippen LogP contribution in [0.1, 0.15) is 32.4 Å². The van der Waals surface area contributed by atoms with E-state index >= 15 is 0 Å². The largest absolute Gasteiger partial charge is 0.415 e. The molecule has 0 spiro atoms. The van der Waals surface area contributed by atoms with Crippen LogP contribution in [-0.4, -0.2) is 51.4 Å². The predicted molar refractivity (Wildman–Crippen MR) is 120 cm³/mol. The Morgan fingerprint density at radius 2 is 2.19 bits per heavy atom. The molecule has 1 amide bonds. The van der Waals surface area contributed by atoms with Gasteiger partial charge >= 0.3 is 12.1 Å². The average molecular weight is 464 g/mol. The van der Waals surface area contributed by atoms with Crippen LogP contribution in [0.4, 0.5) is 4.79 Å². The van der Waals surface area contributed by atoms with Crippen LogP contribution in [-0.2, 0) is 6.54 Å². The van der Waals surface area contributed by atoms with Crippen LogP contribution >= 0.6 is 22.9 Å². The summed E-state index contributed by atoms with van der Waals surface area (Å²) in [6, 6.07) is 6.34. The summed E-state index contributed by atoms with van der Waals surface area (Å²) >= 11 is 7.41. The van der Waals surface area contributed by atoms with Gasteiger partial charge in [0.1, 0.15) is 5.69 Å².